The van der Waals surface area contributed by atoms with Crippen LogP contribution in [-0.2, 0) is 0 Å². The number of ether oxygens (including phenoxy) is 2. The Bertz CT molecular complexity index is 565. The van der Waals surface area contributed by atoms with Crippen molar-refractivity contribution in [2.45, 2.75) is 6.92 Å². The zero-order chi connectivity index (χ0) is 13.8. The molecule has 0 amide bonds. The van der Waals surface area contributed by atoms with Crippen molar-refractivity contribution in [3.05, 3.63) is 23.8 Å². The fraction of sp³-hybridized carbons (Fsp3) is 0.308. The molecule has 19 heavy (non-hydrogen) atoms. The van der Waals surface area contributed by atoms with Crippen LogP contribution in [0, 0.1) is 6.92 Å². The fourth-order valence-electron chi connectivity index (χ4n) is 1.68. The number of aryl methyl sites for hydroxylation is 1. The highest BCUT2D eigenvalue weighted by molar-refractivity contribution is 5.66. The molecule has 0 spiro atoms. The van der Waals surface area contributed by atoms with E-state index in [9.17, 15) is 0 Å². The van der Waals surface area contributed by atoms with Gasteiger partial charge in [0.1, 0.15) is 5.75 Å². The maximum Gasteiger partial charge on any atom is 0.321 e. The molecule has 100 valence electrons. The van der Waals surface area contributed by atoms with Gasteiger partial charge in [0.2, 0.25) is 5.95 Å². The summed E-state index contributed by atoms with van der Waals surface area (Å²) in [7, 11) is 4.88. The van der Waals surface area contributed by atoms with Crippen LogP contribution < -0.4 is 14.8 Å². The van der Waals surface area contributed by atoms with E-state index in [2.05, 4.69) is 20.3 Å². The lowest BCUT2D eigenvalue weighted by Gasteiger charge is -2.10. The third kappa shape index (κ3) is 2.73. The minimum Gasteiger partial charge on any atom is -0.496 e. The van der Waals surface area contributed by atoms with E-state index in [1.807, 2.05) is 25.1 Å². The molecule has 0 saturated heterocycles. The molecule has 2 aromatic rings. The monoisotopic (exact) mass is 260 g/mol. The number of rotatable bonds is 4. The van der Waals surface area contributed by atoms with E-state index in [0.717, 1.165) is 11.1 Å². The van der Waals surface area contributed by atoms with Gasteiger partial charge in [-0.25, -0.2) is 0 Å². The fourth-order valence-corrected chi connectivity index (χ4v) is 1.68. The number of nitrogens with zero attached hydrogens (tertiary/aromatic N) is 3. The van der Waals surface area contributed by atoms with Crippen molar-refractivity contribution in [2.24, 2.45) is 0 Å². The lowest BCUT2D eigenvalue weighted by atomic mass is 10.1. The van der Waals surface area contributed by atoms with E-state index in [4.69, 9.17) is 9.47 Å². The molecule has 0 aliphatic carbocycles. The Labute approximate surface area is 111 Å². The Morgan fingerprint density at radius 3 is 2.47 bits per heavy atom. The highest BCUT2D eigenvalue weighted by atomic mass is 16.5. The molecule has 0 atom stereocenters. The normalized spacial score (nSPS) is 10.1. The first-order chi connectivity index (χ1) is 9.17. The molecule has 0 aliphatic rings. The molecule has 0 aliphatic heterocycles. The molecule has 6 heteroatoms. The van der Waals surface area contributed by atoms with E-state index in [-0.39, 0.29) is 6.01 Å². The van der Waals surface area contributed by atoms with E-state index in [0.29, 0.717) is 17.5 Å². The first-order valence-corrected chi connectivity index (χ1v) is 5.80. The first-order valence-electron chi connectivity index (χ1n) is 5.80. The minimum absolute atomic E-state index is 0.262. The van der Waals surface area contributed by atoms with Gasteiger partial charge in [0.25, 0.3) is 0 Å². The average Bonchev–Trinajstić information content (AvgIpc) is 2.46. The van der Waals surface area contributed by atoms with Gasteiger partial charge in [-0.2, -0.15) is 15.0 Å². The van der Waals surface area contributed by atoms with Gasteiger partial charge in [-0.3, -0.25) is 0 Å². The van der Waals surface area contributed by atoms with Crippen molar-refractivity contribution in [2.75, 3.05) is 26.6 Å². The van der Waals surface area contributed by atoms with Crippen LogP contribution in [0.2, 0.25) is 0 Å². The number of hydrogen-bond donors (Lipinski definition) is 1. The first kappa shape index (κ1) is 13.1. The van der Waals surface area contributed by atoms with Crippen molar-refractivity contribution in [3.63, 3.8) is 0 Å². The molecule has 0 fully saturated rings. The summed E-state index contributed by atoms with van der Waals surface area (Å²) < 4.78 is 10.4. The van der Waals surface area contributed by atoms with Crippen LogP contribution in [0.1, 0.15) is 5.56 Å². The molecular formula is C13H16N4O2. The maximum absolute atomic E-state index is 5.34. The van der Waals surface area contributed by atoms with Gasteiger partial charge in [0.05, 0.1) is 19.8 Å². The van der Waals surface area contributed by atoms with E-state index >= 15 is 0 Å². The molecule has 0 saturated carbocycles. The maximum atomic E-state index is 5.34. The van der Waals surface area contributed by atoms with Crippen molar-refractivity contribution in [1.82, 2.24) is 15.0 Å². The summed E-state index contributed by atoms with van der Waals surface area (Å²) in [5.74, 6) is 1.67. The largest absolute Gasteiger partial charge is 0.496 e. The second-order valence-electron chi connectivity index (χ2n) is 3.92. The Morgan fingerprint density at radius 2 is 1.84 bits per heavy atom. The highest BCUT2D eigenvalue weighted by Gasteiger charge is 2.12. The van der Waals surface area contributed by atoms with Gasteiger partial charge < -0.3 is 14.8 Å². The molecule has 1 N–H and O–H groups in total. The highest BCUT2D eigenvalue weighted by Crippen LogP contribution is 2.29. The van der Waals surface area contributed by atoms with Gasteiger partial charge in [-0.05, 0) is 19.1 Å². The van der Waals surface area contributed by atoms with Crippen LogP contribution in [0.15, 0.2) is 18.2 Å². The SMILES string of the molecule is CNc1nc(OC)nc(-c2cc(C)ccc2OC)n1. The minimum atomic E-state index is 0.262. The van der Waals surface area contributed by atoms with Crippen molar-refractivity contribution < 1.29 is 9.47 Å². The van der Waals surface area contributed by atoms with Crippen molar-refractivity contribution in [3.8, 4) is 23.1 Å². The van der Waals surface area contributed by atoms with Crippen molar-refractivity contribution in [1.29, 1.82) is 0 Å². The molecule has 0 unspecified atom stereocenters. The molecule has 1 aromatic carbocycles. The van der Waals surface area contributed by atoms with E-state index in [1.54, 1.807) is 14.2 Å². The van der Waals surface area contributed by atoms with Gasteiger partial charge in [-0.15, -0.1) is 0 Å². The van der Waals surface area contributed by atoms with Crippen molar-refractivity contribution >= 4 is 5.95 Å². The summed E-state index contributed by atoms with van der Waals surface area (Å²) in [6, 6.07) is 6.09. The standard InChI is InChI=1S/C13H16N4O2/c1-8-5-6-10(18-3)9(7-8)11-15-12(14-2)17-13(16-11)19-4/h5-7H,1-4H3,(H,14,15,16,17). The predicted molar refractivity (Wildman–Crippen MR) is 72.7 cm³/mol. The van der Waals surface area contributed by atoms with Crippen LogP contribution in [0.25, 0.3) is 11.4 Å². The third-order valence-electron chi connectivity index (χ3n) is 2.62. The molecule has 1 heterocycles. The number of hydrogen-bond acceptors (Lipinski definition) is 6. The Morgan fingerprint density at radius 1 is 1.05 bits per heavy atom. The van der Waals surface area contributed by atoms with E-state index in [1.165, 1.54) is 7.11 Å². The molecule has 0 radical (unpaired) electrons. The summed E-state index contributed by atoms with van der Waals surface area (Å²) in [5, 5.41) is 2.88. The number of nitrogens with one attached hydrogen (secondary N) is 1. The Balaban J connectivity index is 2.60. The lowest BCUT2D eigenvalue weighted by molar-refractivity contribution is 0.379. The number of anilines is 1. The number of aromatic nitrogens is 3. The Hall–Kier alpha value is -2.37. The van der Waals surface area contributed by atoms with Gasteiger partial charge in [-0.1, -0.05) is 11.6 Å². The third-order valence-corrected chi connectivity index (χ3v) is 2.62. The second-order valence-corrected chi connectivity index (χ2v) is 3.92. The summed E-state index contributed by atoms with van der Waals surface area (Å²) in [5.41, 5.74) is 1.90. The van der Waals surface area contributed by atoms with Crippen LogP contribution in [-0.4, -0.2) is 36.2 Å². The molecule has 2 rings (SSSR count). The molecule has 0 bridgehead atoms. The second kappa shape index (κ2) is 5.51. The van der Waals surface area contributed by atoms with Gasteiger partial charge >= 0.3 is 6.01 Å². The summed E-state index contributed by atoms with van der Waals surface area (Å²) >= 11 is 0. The molecule has 1 aromatic heterocycles. The van der Waals surface area contributed by atoms with Crippen LogP contribution in [0.5, 0.6) is 11.8 Å². The van der Waals surface area contributed by atoms with Crippen LogP contribution in [0.4, 0.5) is 5.95 Å². The molecular weight excluding hydrogens is 244 g/mol. The van der Waals surface area contributed by atoms with Gasteiger partial charge in [0, 0.05) is 7.05 Å². The summed E-state index contributed by atoms with van der Waals surface area (Å²) in [6.07, 6.45) is 0. The van der Waals surface area contributed by atoms with Crippen LogP contribution in [0.3, 0.4) is 0 Å². The predicted octanol–water partition coefficient (Wildman–Crippen LogP) is 1.91. The van der Waals surface area contributed by atoms with Gasteiger partial charge in [0.15, 0.2) is 5.82 Å². The quantitative estimate of drug-likeness (QED) is 0.905. The number of methoxy groups -OCH3 is 2. The zero-order valence-electron chi connectivity index (χ0n) is 11.4. The molecule has 6 nitrogen and oxygen atoms in total. The average molecular weight is 260 g/mol. The van der Waals surface area contributed by atoms with Crippen LogP contribution >= 0.6 is 0 Å². The summed E-state index contributed by atoms with van der Waals surface area (Å²) in [6.45, 7) is 2.00. The zero-order valence-corrected chi connectivity index (χ0v) is 11.4. The van der Waals surface area contributed by atoms with E-state index < -0.39 is 0 Å². The Kier molecular flexibility index (Phi) is 3.79. The number of benzene rings is 1. The lowest BCUT2D eigenvalue weighted by Crippen LogP contribution is -2.04. The summed E-state index contributed by atoms with van der Waals surface area (Å²) in [4.78, 5) is 12.7. The smallest absolute Gasteiger partial charge is 0.321 e. The topological polar surface area (TPSA) is 69.2 Å².